The minimum absolute atomic E-state index is 0.253. The van der Waals surface area contributed by atoms with Gasteiger partial charge in [-0.05, 0) is 32.0 Å². The highest BCUT2D eigenvalue weighted by molar-refractivity contribution is 9.10. The number of aliphatic hydroxyl groups is 1. The Hall–Kier alpha value is -3.15. The Morgan fingerprint density at radius 1 is 1.34 bits per heavy atom. The first kappa shape index (κ1) is 19.2. The van der Waals surface area contributed by atoms with Crippen molar-refractivity contribution in [3.8, 4) is 11.8 Å². The van der Waals surface area contributed by atoms with Crippen molar-refractivity contribution in [1.82, 2.24) is 15.1 Å². The van der Waals surface area contributed by atoms with Gasteiger partial charge in [-0.25, -0.2) is 4.98 Å². The molecule has 3 heterocycles. The smallest absolute Gasteiger partial charge is 0.258 e. The Labute approximate surface area is 174 Å². The number of benzene rings is 1. The summed E-state index contributed by atoms with van der Waals surface area (Å²) in [5, 5.41) is 18.8. The van der Waals surface area contributed by atoms with Gasteiger partial charge in [-0.15, -0.1) is 0 Å². The van der Waals surface area contributed by atoms with Gasteiger partial charge in [-0.1, -0.05) is 32.9 Å². The quantitative estimate of drug-likeness (QED) is 0.324. The van der Waals surface area contributed by atoms with Crippen LogP contribution in [0.1, 0.15) is 23.9 Å². The van der Waals surface area contributed by atoms with Gasteiger partial charge in [0.15, 0.2) is 0 Å². The predicted octanol–water partition coefficient (Wildman–Crippen LogP) is 3.48. The second-order valence-electron chi connectivity index (χ2n) is 6.63. The number of fused-ring (bicyclic) bond motifs is 3. The van der Waals surface area contributed by atoms with Crippen LogP contribution < -0.4 is 10.9 Å². The van der Waals surface area contributed by atoms with Crippen LogP contribution in [0, 0.1) is 18.8 Å². The van der Waals surface area contributed by atoms with Gasteiger partial charge < -0.3 is 19.9 Å². The molecule has 4 rings (SSSR count). The van der Waals surface area contributed by atoms with E-state index in [4.69, 9.17) is 9.51 Å². The largest absolute Gasteiger partial charge is 0.381 e. The number of aryl methyl sites for hydroxylation is 1. The average Bonchev–Trinajstić information content (AvgIpc) is 3.10. The van der Waals surface area contributed by atoms with Gasteiger partial charge in [0.2, 0.25) is 0 Å². The number of H-pyrrole nitrogens is 1. The van der Waals surface area contributed by atoms with Crippen LogP contribution in [0.4, 0.5) is 5.82 Å². The van der Waals surface area contributed by atoms with Crippen molar-refractivity contribution < 1.29 is 9.63 Å². The summed E-state index contributed by atoms with van der Waals surface area (Å²) in [5.41, 5.74) is 1.49. The molecule has 1 atom stereocenters. The standard InChI is InChI=1S/C21H17BrN4O3/c1-11(27)3-4-13-9-24-21(28)18-17-8-14(22)5-6-16(17)20(25-19(13)18)23-10-15-7-12(2)29-26-15/h5-9,11,27H,10H2,1-2H3,(H,23,25)(H,24,28)/t11-/m0/s1. The molecule has 7 nitrogen and oxygen atoms in total. The summed E-state index contributed by atoms with van der Waals surface area (Å²) in [6.45, 7) is 3.82. The Morgan fingerprint density at radius 3 is 2.90 bits per heavy atom. The van der Waals surface area contributed by atoms with Crippen LogP contribution in [-0.2, 0) is 6.54 Å². The number of halogens is 1. The van der Waals surface area contributed by atoms with E-state index in [2.05, 4.69) is 43.2 Å². The summed E-state index contributed by atoms with van der Waals surface area (Å²) in [6, 6.07) is 7.52. The van der Waals surface area contributed by atoms with E-state index >= 15 is 0 Å². The summed E-state index contributed by atoms with van der Waals surface area (Å²) < 4.78 is 5.95. The van der Waals surface area contributed by atoms with Crippen molar-refractivity contribution in [2.45, 2.75) is 26.5 Å². The average molecular weight is 453 g/mol. The van der Waals surface area contributed by atoms with Crippen molar-refractivity contribution in [3.63, 3.8) is 0 Å². The van der Waals surface area contributed by atoms with E-state index < -0.39 is 6.10 Å². The number of rotatable bonds is 3. The van der Waals surface area contributed by atoms with Crippen molar-refractivity contribution in [2.24, 2.45) is 0 Å². The zero-order chi connectivity index (χ0) is 20.5. The second kappa shape index (κ2) is 7.70. The van der Waals surface area contributed by atoms with Gasteiger partial charge in [0.1, 0.15) is 23.4 Å². The highest BCUT2D eigenvalue weighted by Gasteiger charge is 2.15. The molecular formula is C21H17BrN4O3. The Balaban J connectivity index is 1.95. The monoisotopic (exact) mass is 452 g/mol. The van der Waals surface area contributed by atoms with E-state index in [1.165, 1.54) is 6.20 Å². The SMILES string of the molecule is Cc1cc(CNc2nc3c(C#C[C@H](C)O)c[nH]c(=O)c3c3cc(Br)ccc23)no1. The molecule has 0 aliphatic rings. The first-order chi connectivity index (χ1) is 13.9. The zero-order valence-corrected chi connectivity index (χ0v) is 17.3. The molecule has 0 aliphatic heterocycles. The molecule has 0 saturated carbocycles. The number of aromatic nitrogens is 3. The summed E-state index contributed by atoms with van der Waals surface area (Å²) in [6.07, 6.45) is 0.723. The highest BCUT2D eigenvalue weighted by Crippen LogP contribution is 2.31. The van der Waals surface area contributed by atoms with E-state index in [0.29, 0.717) is 28.8 Å². The molecule has 146 valence electrons. The molecule has 1 aromatic carbocycles. The number of hydrogen-bond acceptors (Lipinski definition) is 6. The fraction of sp³-hybridized carbons (Fsp3) is 0.190. The number of hydrogen-bond donors (Lipinski definition) is 3. The van der Waals surface area contributed by atoms with E-state index in [1.54, 1.807) is 6.92 Å². The zero-order valence-electron chi connectivity index (χ0n) is 15.7. The molecule has 0 saturated heterocycles. The third kappa shape index (κ3) is 3.88. The van der Waals surface area contributed by atoms with Crippen LogP contribution in [0.2, 0.25) is 0 Å². The maximum atomic E-state index is 12.6. The van der Waals surface area contributed by atoms with Gasteiger partial charge in [0.25, 0.3) is 5.56 Å². The minimum atomic E-state index is -0.792. The van der Waals surface area contributed by atoms with E-state index in [1.807, 2.05) is 31.2 Å². The third-order valence-electron chi connectivity index (χ3n) is 4.33. The number of pyridine rings is 2. The third-order valence-corrected chi connectivity index (χ3v) is 4.82. The summed E-state index contributed by atoms with van der Waals surface area (Å²) in [7, 11) is 0. The molecule has 0 bridgehead atoms. The lowest BCUT2D eigenvalue weighted by Crippen LogP contribution is -2.10. The first-order valence-corrected chi connectivity index (χ1v) is 9.72. The topological polar surface area (TPSA) is 104 Å². The number of aromatic amines is 1. The molecule has 29 heavy (non-hydrogen) atoms. The molecule has 3 N–H and O–H groups in total. The van der Waals surface area contributed by atoms with E-state index in [9.17, 15) is 9.90 Å². The van der Waals surface area contributed by atoms with Gasteiger partial charge in [0, 0.05) is 27.5 Å². The molecule has 0 aliphatic carbocycles. The summed E-state index contributed by atoms with van der Waals surface area (Å²) in [5.74, 6) is 6.93. The number of anilines is 1. The molecule has 4 aromatic rings. The summed E-state index contributed by atoms with van der Waals surface area (Å²) >= 11 is 3.48. The van der Waals surface area contributed by atoms with Crippen LogP contribution in [0.15, 0.2) is 44.3 Å². The van der Waals surface area contributed by atoms with Crippen molar-refractivity contribution >= 4 is 43.4 Å². The van der Waals surface area contributed by atoms with Gasteiger partial charge in [-0.2, -0.15) is 0 Å². The maximum absolute atomic E-state index is 12.6. The molecule has 0 unspecified atom stereocenters. The molecule has 0 radical (unpaired) electrons. The number of aliphatic hydroxyl groups excluding tert-OH is 1. The molecule has 0 amide bonds. The first-order valence-electron chi connectivity index (χ1n) is 8.92. The van der Waals surface area contributed by atoms with Crippen LogP contribution >= 0.6 is 15.9 Å². The van der Waals surface area contributed by atoms with Crippen LogP contribution in [-0.4, -0.2) is 26.3 Å². The maximum Gasteiger partial charge on any atom is 0.258 e. The van der Waals surface area contributed by atoms with Gasteiger partial charge in [-0.3, -0.25) is 4.79 Å². The second-order valence-corrected chi connectivity index (χ2v) is 7.55. The Bertz CT molecular complexity index is 1350. The van der Waals surface area contributed by atoms with Crippen molar-refractivity contribution in [2.75, 3.05) is 5.32 Å². The molecule has 8 heteroatoms. The molecule has 3 aromatic heterocycles. The Morgan fingerprint density at radius 2 is 2.17 bits per heavy atom. The van der Waals surface area contributed by atoms with Crippen molar-refractivity contribution in [1.29, 1.82) is 0 Å². The van der Waals surface area contributed by atoms with E-state index in [-0.39, 0.29) is 5.56 Å². The highest BCUT2D eigenvalue weighted by atomic mass is 79.9. The lowest BCUT2D eigenvalue weighted by molar-refractivity contribution is 0.253. The van der Waals surface area contributed by atoms with Crippen molar-refractivity contribution in [3.05, 3.63) is 62.3 Å². The molecular weight excluding hydrogens is 436 g/mol. The predicted molar refractivity (Wildman–Crippen MR) is 115 cm³/mol. The van der Waals surface area contributed by atoms with E-state index in [0.717, 1.165) is 26.7 Å². The lowest BCUT2D eigenvalue weighted by Gasteiger charge is -2.12. The fourth-order valence-electron chi connectivity index (χ4n) is 3.08. The van der Waals surface area contributed by atoms with Crippen LogP contribution in [0.3, 0.4) is 0 Å². The fourth-order valence-corrected chi connectivity index (χ4v) is 3.44. The molecule has 0 fully saturated rings. The van der Waals surface area contributed by atoms with Gasteiger partial charge >= 0.3 is 0 Å². The number of nitrogens with one attached hydrogen (secondary N) is 2. The summed E-state index contributed by atoms with van der Waals surface area (Å²) in [4.78, 5) is 20.1. The minimum Gasteiger partial charge on any atom is -0.381 e. The normalized spacial score (nSPS) is 12.0. The van der Waals surface area contributed by atoms with Gasteiger partial charge in [0.05, 0.1) is 23.0 Å². The number of nitrogens with zero attached hydrogens (tertiary/aromatic N) is 2. The van der Waals surface area contributed by atoms with Crippen LogP contribution in [0.5, 0.6) is 0 Å². The van der Waals surface area contributed by atoms with Crippen LogP contribution in [0.25, 0.3) is 21.7 Å². The Kier molecular flexibility index (Phi) is 5.09. The molecule has 0 spiro atoms. The lowest BCUT2D eigenvalue weighted by atomic mass is 10.0.